The van der Waals surface area contributed by atoms with Crippen LogP contribution in [0.3, 0.4) is 0 Å². The summed E-state index contributed by atoms with van der Waals surface area (Å²) in [6.07, 6.45) is 2.31. The van der Waals surface area contributed by atoms with Gasteiger partial charge in [-0.2, -0.15) is 0 Å². The van der Waals surface area contributed by atoms with Crippen LogP contribution in [0.4, 0.5) is 5.69 Å². The van der Waals surface area contributed by atoms with Crippen LogP contribution in [0.25, 0.3) is 0 Å². The molecule has 0 spiro atoms. The Labute approximate surface area is 142 Å². The van der Waals surface area contributed by atoms with E-state index in [2.05, 4.69) is 20.5 Å². The number of amides is 1. The molecule has 0 saturated heterocycles. The lowest BCUT2D eigenvalue weighted by molar-refractivity contribution is -0.115. The van der Waals surface area contributed by atoms with Gasteiger partial charge in [0, 0.05) is 5.92 Å². The van der Waals surface area contributed by atoms with E-state index in [4.69, 9.17) is 23.2 Å². The minimum absolute atomic E-state index is 0.174. The molecule has 1 fully saturated rings. The summed E-state index contributed by atoms with van der Waals surface area (Å²) in [4.78, 5) is 16.6. The fourth-order valence-electron chi connectivity index (χ4n) is 1.90. The first kappa shape index (κ1) is 15.6. The Kier molecular flexibility index (Phi) is 4.61. The molecule has 2 N–H and O–H groups in total. The molecule has 1 aliphatic rings. The summed E-state index contributed by atoms with van der Waals surface area (Å²) in [5.74, 6) is 1.25. The van der Waals surface area contributed by atoms with E-state index in [0.717, 1.165) is 18.7 Å². The van der Waals surface area contributed by atoms with Crippen molar-refractivity contribution < 1.29 is 4.79 Å². The van der Waals surface area contributed by atoms with Crippen molar-refractivity contribution in [3.8, 4) is 0 Å². The van der Waals surface area contributed by atoms with Crippen LogP contribution in [0.2, 0.25) is 10.0 Å². The highest BCUT2D eigenvalue weighted by atomic mass is 35.5. The molecule has 116 valence electrons. The third-order valence-corrected chi connectivity index (χ3v) is 5.09. The standard InChI is InChI=1S/C14H14Cl2N4OS/c1-7(22-14-18-12(19-20-14)8-5-6-8)13(21)17-10-4-2-3-9(15)11(10)16/h2-4,7-8H,5-6H2,1H3,(H,17,21)(H,18,19,20)/t7-/m1/s1. The van der Waals surface area contributed by atoms with Gasteiger partial charge in [0.2, 0.25) is 11.1 Å². The highest BCUT2D eigenvalue weighted by Gasteiger charge is 2.28. The third-order valence-electron chi connectivity index (χ3n) is 3.31. The van der Waals surface area contributed by atoms with Crippen LogP contribution in [0.5, 0.6) is 0 Å². The molecule has 5 nitrogen and oxygen atoms in total. The maximum absolute atomic E-state index is 12.2. The quantitative estimate of drug-likeness (QED) is 0.790. The van der Waals surface area contributed by atoms with Gasteiger partial charge in [-0.15, -0.1) is 5.10 Å². The van der Waals surface area contributed by atoms with Crippen LogP contribution < -0.4 is 5.32 Å². The van der Waals surface area contributed by atoms with Crippen LogP contribution in [0.1, 0.15) is 31.5 Å². The van der Waals surface area contributed by atoms with Crippen molar-refractivity contribution in [1.29, 1.82) is 0 Å². The van der Waals surface area contributed by atoms with Crippen molar-refractivity contribution in [2.45, 2.75) is 36.1 Å². The summed E-state index contributed by atoms with van der Waals surface area (Å²) in [6.45, 7) is 1.80. The average Bonchev–Trinajstić information content (AvgIpc) is 3.24. The van der Waals surface area contributed by atoms with Gasteiger partial charge >= 0.3 is 0 Å². The Morgan fingerprint density at radius 1 is 1.45 bits per heavy atom. The maximum Gasteiger partial charge on any atom is 0.237 e. The molecule has 0 bridgehead atoms. The number of hydrogen-bond acceptors (Lipinski definition) is 4. The number of hydrogen-bond donors (Lipinski definition) is 2. The van der Waals surface area contributed by atoms with Gasteiger partial charge in [0.15, 0.2) is 0 Å². The summed E-state index contributed by atoms with van der Waals surface area (Å²) in [5, 5.41) is 10.8. The first-order valence-corrected chi connectivity index (χ1v) is 8.52. The number of aromatic nitrogens is 3. The molecule has 1 aromatic carbocycles. The van der Waals surface area contributed by atoms with Gasteiger partial charge in [-0.05, 0) is 31.9 Å². The Balaban J connectivity index is 1.62. The molecule has 1 atom stereocenters. The lowest BCUT2D eigenvalue weighted by atomic mass is 10.3. The Bertz CT molecular complexity index is 702. The number of benzene rings is 1. The van der Waals surface area contributed by atoms with E-state index in [1.54, 1.807) is 25.1 Å². The van der Waals surface area contributed by atoms with Crippen molar-refractivity contribution in [2.75, 3.05) is 5.32 Å². The first-order chi connectivity index (χ1) is 10.5. The van der Waals surface area contributed by atoms with Crippen LogP contribution in [0.15, 0.2) is 23.4 Å². The highest BCUT2D eigenvalue weighted by Crippen LogP contribution is 2.38. The van der Waals surface area contributed by atoms with Gasteiger partial charge in [0.05, 0.1) is 21.0 Å². The third kappa shape index (κ3) is 3.56. The van der Waals surface area contributed by atoms with Gasteiger partial charge in [0.25, 0.3) is 0 Å². The average molecular weight is 357 g/mol. The molecule has 8 heteroatoms. The number of carbonyl (C=O) groups is 1. The number of carbonyl (C=O) groups excluding carboxylic acids is 1. The highest BCUT2D eigenvalue weighted by molar-refractivity contribution is 8.00. The fraction of sp³-hybridized carbons (Fsp3) is 0.357. The fourth-order valence-corrected chi connectivity index (χ4v) is 2.98. The number of nitrogens with one attached hydrogen (secondary N) is 2. The molecular formula is C14H14Cl2N4OS. The lowest BCUT2D eigenvalue weighted by Crippen LogP contribution is -2.22. The van der Waals surface area contributed by atoms with E-state index in [-0.39, 0.29) is 11.2 Å². The van der Waals surface area contributed by atoms with E-state index < -0.39 is 0 Å². The molecule has 1 amide bonds. The predicted octanol–water partition coefficient (Wildman–Crippen LogP) is 4.11. The second-order valence-electron chi connectivity index (χ2n) is 5.13. The monoisotopic (exact) mass is 356 g/mol. The van der Waals surface area contributed by atoms with E-state index >= 15 is 0 Å². The second-order valence-corrected chi connectivity index (χ2v) is 7.22. The SMILES string of the molecule is C[C@@H](Sc1n[nH]c(C2CC2)n1)C(=O)Nc1cccc(Cl)c1Cl. The van der Waals surface area contributed by atoms with Crippen molar-refractivity contribution in [2.24, 2.45) is 0 Å². The molecule has 3 rings (SSSR count). The van der Waals surface area contributed by atoms with Crippen LogP contribution in [-0.2, 0) is 4.79 Å². The number of H-pyrrole nitrogens is 1. The van der Waals surface area contributed by atoms with E-state index in [1.807, 2.05) is 0 Å². The molecule has 1 heterocycles. The predicted molar refractivity (Wildman–Crippen MR) is 88.8 cm³/mol. The van der Waals surface area contributed by atoms with Crippen LogP contribution >= 0.6 is 35.0 Å². The second kappa shape index (κ2) is 6.48. The minimum atomic E-state index is -0.349. The summed E-state index contributed by atoms with van der Waals surface area (Å²) in [7, 11) is 0. The van der Waals surface area contributed by atoms with Gasteiger partial charge in [-0.1, -0.05) is 41.0 Å². The molecule has 22 heavy (non-hydrogen) atoms. The van der Waals surface area contributed by atoms with Crippen molar-refractivity contribution in [1.82, 2.24) is 15.2 Å². The van der Waals surface area contributed by atoms with E-state index in [1.165, 1.54) is 11.8 Å². The lowest BCUT2D eigenvalue weighted by Gasteiger charge is -2.11. The number of thioether (sulfide) groups is 1. The summed E-state index contributed by atoms with van der Waals surface area (Å²) >= 11 is 13.3. The largest absolute Gasteiger partial charge is 0.324 e. The van der Waals surface area contributed by atoms with Crippen molar-refractivity contribution in [3.63, 3.8) is 0 Å². The van der Waals surface area contributed by atoms with Gasteiger partial charge in [0.1, 0.15) is 5.82 Å². The zero-order chi connectivity index (χ0) is 15.7. The molecule has 2 aromatic rings. The number of rotatable bonds is 5. The van der Waals surface area contributed by atoms with Crippen molar-refractivity contribution in [3.05, 3.63) is 34.1 Å². The van der Waals surface area contributed by atoms with Crippen molar-refractivity contribution >= 4 is 46.6 Å². The summed E-state index contributed by atoms with van der Waals surface area (Å²) < 4.78 is 0. The number of halogens is 2. The maximum atomic E-state index is 12.2. The summed E-state index contributed by atoms with van der Waals surface area (Å²) in [5.41, 5.74) is 0.500. The zero-order valence-electron chi connectivity index (χ0n) is 11.8. The van der Waals surface area contributed by atoms with Crippen LogP contribution in [0, 0.1) is 0 Å². The van der Waals surface area contributed by atoms with Gasteiger partial charge < -0.3 is 5.32 Å². The molecular weight excluding hydrogens is 343 g/mol. The Morgan fingerprint density at radius 3 is 2.95 bits per heavy atom. The first-order valence-electron chi connectivity index (χ1n) is 6.88. The number of nitrogens with zero attached hydrogens (tertiary/aromatic N) is 2. The Morgan fingerprint density at radius 2 is 2.23 bits per heavy atom. The topological polar surface area (TPSA) is 70.7 Å². The van der Waals surface area contributed by atoms with E-state index in [9.17, 15) is 4.79 Å². The number of aromatic amines is 1. The summed E-state index contributed by atoms with van der Waals surface area (Å²) in [6, 6.07) is 5.12. The van der Waals surface area contributed by atoms with Gasteiger partial charge in [-0.3, -0.25) is 9.89 Å². The Hall–Kier alpha value is -1.24. The molecule has 0 unspecified atom stereocenters. The normalized spacial score (nSPS) is 15.6. The molecule has 1 aromatic heterocycles. The molecule has 1 aliphatic carbocycles. The van der Waals surface area contributed by atoms with E-state index in [0.29, 0.717) is 26.8 Å². The van der Waals surface area contributed by atoms with Gasteiger partial charge in [-0.25, -0.2) is 4.98 Å². The molecule has 1 saturated carbocycles. The van der Waals surface area contributed by atoms with Crippen LogP contribution in [-0.4, -0.2) is 26.3 Å². The minimum Gasteiger partial charge on any atom is -0.324 e. The molecule has 0 radical (unpaired) electrons. The number of anilines is 1. The zero-order valence-corrected chi connectivity index (χ0v) is 14.1. The molecule has 0 aliphatic heterocycles. The smallest absolute Gasteiger partial charge is 0.237 e.